The van der Waals surface area contributed by atoms with E-state index in [1.165, 1.54) is 5.70 Å². The van der Waals surface area contributed by atoms with Gasteiger partial charge in [0.1, 0.15) is 0 Å². The third kappa shape index (κ3) is 2.00. The molecule has 4 atom stereocenters. The molecule has 17 heavy (non-hydrogen) atoms. The van der Waals surface area contributed by atoms with Crippen LogP contribution >= 0.6 is 12.8 Å². The Labute approximate surface area is 111 Å². The third-order valence-electron chi connectivity index (χ3n) is 4.89. The van der Waals surface area contributed by atoms with Gasteiger partial charge in [0.25, 0.3) is 0 Å². The molecule has 2 N–H and O–H groups in total. The highest BCUT2D eigenvalue weighted by Gasteiger charge is 2.49. The zero-order chi connectivity index (χ0) is 12.8. The second-order valence-corrected chi connectivity index (χ2v) is 6.46. The molecule has 98 valence electrons. The number of rotatable bonds is 1. The molecule has 0 spiro atoms. The molecule has 0 bridgehead atoms. The van der Waals surface area contributed by atoms with Gasteiger partial charge in [0, 0.05) is 43.3 Å². The Morgan fingerprint density at radius 3 is 2.82 bits per heavy atom. The minimum Gasteiger partial charge on any atom is -0.378 e. The molecule has 0 aromatic rings. The number of likely N-dealkylation sites (tertiary alicyclic amines) is 1. The van der Waals surface area contributed by atoms with Gasteiger partial charge in [-0.2, -0.15) is 0 Å². The summed E-state index contributed by atoms with van der Waals surface area (Å²) in [7, 11) is 2.16. The lowest BCUT2D eigenvalue weighted by atomic mass is 9.73. The van der Waals surface area contributed by atoms with E-state index in [1.807, 2.05) is 0 Å². The highest BCUT2D eigenvalue weighted by molar-refractivity contribution is 7.77. The quantitative estimate of drug-likeness (QED) is 0.700. The number of thiol groups is 1. The molecule has 2 aliphatic heterocycles. The standard InChI is InChI=1S/C13H25N3S/c1-9-6-13(3)10(2)15(4)8-11(13)5-12(7-14)16(9)17/h9,11-12,17H,2,5-8,14H2,1,3-4H3. The summed E-state index contributed by atoms with van der Waals surface area (Å²) in [6.45, 7) is 10.7. The fourth-order valence-electron chi connectivity index (χ4n) is 3.64. The third-order valence-corrected chi connectivity index (χ3v) is 5.61. The summed E-state index contributed by atoms with van der Waals surface area (Å²) in [5, 5.41) is 0. The molecular weight excluding hydrogens is 230 g/mol. The molecule has 0 aliphatic carbocycles. The van der Waals surface area contributed by atoms with Gasteiger partial charge in [-0.1, -0.05) is 26.3 Å². The van der Waals surface area contributed by atoms with Crippen LogP contribution in [0.4, 0.5) is 0 Å². The second kappa shape index (κ2) is 4.48. The minimum absolute atomic E-state index is 0.221. The van der Waals surface area contributed by atoms with Crippen molar-refractivity contribution in [2.75, 3.05) is 20.1 Å². The predicted octanol–water partition coefficient (Wildman–Crippen LogP) is 1.72. The van der Waals surface area contributed by atoms with Crippen molar-refractivity contribution >= 4 is 12.8 Å². The van der Waals surface area contributed by atoms with Crippen molar-refractivity contribution in [1.29, 1.82) is 0 Å². The molecule has 0 saturated carbocycles. The molecule has 2 fully saturated rings. The maximum atomic E-state index is 5.89. The highest BCUT2D eigenvalue weighted by Crippen LogP contribution is 2.51. The Morgan fingerprint density at radius 1 is 1.59 bits per heavy atom. The SMILES string of the molecule is C=C1N(C)CC2CC(CN)N(S)C(C)CC12C. The van der Waals surface area contributed by atoms with Crippen molar-refractivity contribution in [2.45, 2.75) is 38.8 Å². The van der Waals surface area contributed by atoms with Gasteiger partial charge >= 0.3 is 0 Å². The second-order valence-electron chi connectivity index (χ2n) is 6.00. The van der Waals surface area contributed by atoms with Gasteiger partial charge in [0.2, 0.25) is 0 Å². The highest BCUT2D eigenvalue weighted by atomic mass is 32.1. The molecule has 0 amide bonds. The van der Waals surface area contributed by atoms with Crippen molar-refractivity contribution in [3.8, 4) is 0 Å². The predicted molar refractivity (Wildman–Crippen MR) is 75.7 cm³/mol. The van der Waals surface area contributed by atoms with Crippen molar-refractivity contribution in [3.05, 3.63) is 12.3 Å². The van der Waals surface area contributed by atoms with Gasteiger partial charge in [-0.3, -0.25) is 0 Å². The summed E-state index contributed by atoms with van der Waals surface area (Å²) >= 11 is 4.64. The summed E-state index contributed by atoms with van der Waals surface area (Å²) in [5.41, 5.74) is 7.40. The van der Waals surface area contributed by atoms with E-state index in [-0.39, 0.29) is 5.41 Å². The molecule has 2 heterocycles. The van der Waals surface area contributed by atoms with Crippen LogP contribution in [0.25, 0.3) is 0 Å². The largest absolute Gasteiger partial charge is 0.378 e. The van der Waals surface area contributed by atoms with Gasteiger partial charge in [0.15, 0.2) is 0 Å². The van der Waals surface area contributed by atoms with E-state index in [2.05, 4.69) is 49.5 Å². The maximum Gasteiger partial charge on any atom is 0.0329 e. The van der Waals surface area contributed by atoms with Crippen LogP contribution in [-0.4, -0.2) is 41.4 Å². The lowest BCUT2D eigenvalue weighted by molar-refractivity contribution is 0.253. The van der Waals surface area contributed by atoms with E-state index in [9.17, 15) is 0 Å². The van der Waals surface area contributed by atoms with Gasteiger partial charge in [-0.15, -0.1) is 0 Å². The first-order valence-electron chi connectivity index (χ1n) is 6.48. The van der Waals surface area contributed by atoms with Gasteiger partial charge < -0.3 is 10.6 Å². The van der Waals surface area contributed by atoms with Crippen LogP contribution in [-0.2, 0) is 0 Å². The smallest absolute Gasteiger partial charge is 0.0329 e. The molecule has 2 aliphatic rings. The van der Waals surface area contributed by atoms with Crippen LogP contribution in [0.3, 0.4) is 0 Å². The first-order chi connectivity index (χ1) is 7.90. The molecule has 0 aromatic carbocycles. The van der Waals surface area contributed by atoms with Crippen LogP contribution in [0.15, 0.2) is 12.3 Å². The van der Waals surface area contributed by atoms with Crippen LogP contribution in [0.5, 0.6) is 0 Å². The molecule has 0 radical (unpaired) electrons. The topological polar surface area (TPSA) is 32.5 Å². The number of hydrogen-bond donors (Lipinski definition) is 2. The summed E-state index contributed by atoms with van der Waals surface area (Å²) < 4.78 is 2.16. The number of hydrogen-bond acceptors (Lipinski definition) is 4. The Bertz CT molecular complexity index is 320. The van der Waals surface area contributed by atoms with E-state index >= 15 is 0 Å². The molecule has 4 heteroatoms. The molecule has 0 aromatic heterocycles. The first kappa shape index (κ1) is 13.2. The summed E-state index contributed by atoms with van der Waals surface area (Å²) in [5.74, 6) is 0.660. The fraction of sp³-hybridized carbons (Fsp3) is 0.846. The summed E-state index contributed by atoms with van der Waals surface area (Å²) in [4.78, 5) is 2.32. The minimum atomic E-state index is 0.221. The van der Waals surface area contributed by atoms with Crippen molar-refractivity contribution < 1.29 is 0 Å². The number of nitrogens with zero attached hydrogens (tertiary/aromatic N) is 2. The van der Waals surface area contributed by atoms with Crippen molar-refractivity contribution in [1.82, 2.24) is 9.21 Å². The van der Waals surface area contributed by atoms with Crippen molar-refractivity contribution in [2.24, 2.45) is 17.1 Å². The zero-order valence-electron chi connectivity index (χ0n) is 11.2. The Balaban J connectivity index is 2.30. The Hall–Kier alpha value is -0.190. The fourth-order valence-corrected chi connectivity index (χ4v) is 3.91. The lowest BCUT2D eigenvalue weighted by Crippen LogP contribution is -2.39. The van der Waals surface area contributed by atoms with Gasteiger partial charge in [0.05, 0.1) is 0 Å². The summed E-state index contributed by atoms with van der Waals surface area (Å²) in [6.07, 6.45) is 2.26. The average Bonchev–Trinajstić information content (AvgIpc) is 2.43. The number of fused-ring (bicyclic) bond motifs is 1. The van der Waals surface area contributed by atoms with Crippen molar-refractivity contribution in [3.63, 3.8) is 0 Å². The van der Waals surface area contributed by atoms with E-state index in [4.69, 9.17) is 5.73 Å². The van der Waals surface area contributed by atoms with Gasteiger partial charge in [-0.05, 0) is 25.7 Å². The number of nitrogens with two attached hydrogens (primary N) is 1. The monoisotopic (exact) mass is 255 g/mol. The molecule has 2 saturated heterocycles. The molecular formula is C13H25N3S. The maximum absolute atomic E-state index is 5.89. The Morgan fingerprint density at radius 2 is 2.24 bits per heavy atom. The van der Waals surface area contributed by atoms with Crippen LogP contribution in [0.1, 0.15) is 26.7 Å². The molecule has 4 unspecified atom stereocenters. The molecule has 2 rings (SSSR count). The van der Waals surface area contributed by atoms with E-state index in [1.54, 1.807) is 0 Å². The molecule has 3 nitrogen and oxygen atoms in total. The normalized spacial score (nSPS) is 43.7. The van der Waals surface area contributed by atoms with Crippen LogP contribution in [0.2, 0.25) is 0 Å². The Kier molecular flexibility index (Phi) is 3.49. The van der Waals surface area contributed by atoms with E-state index < -0.39 is 0 Å². The number of allylic oxidation sites excluding steroid dienone is 1. The van der Waals surface area contributed by atoms with E-state index in [0.29, 0.717) is 24.5 Å². The van der Waals surface area contributed by atoms with Crippen LogP contribution < -0.4 is 5.73 Å². The average molecular weight is 255 g/mol. The zero-order valence-corrected chi connectivity index (χ0v) is 12.1. The van der Waals surface area contributed by atoms with E-state index in [0.717, 1.165) is 19.4 Å². The van der Waals surface area contributed by atoms with Crippen LogP contribution in [0, 0.1) is 11.3 Å². The first-order valence-corrected chi connectivity index (χ1v) is 6.88. The van der Waals surface area contributed by atoms with Gasteiger partial charge in [-0.25, -0.2) is 4.31 Å². The summed E-state index contributed by atoms with van der Waals surface area (Å²) in [6, 6.07) is 0.838. The lowest BCUT2D eigenvalue weighted by Gasteiger charge is -2.33.